The Bertz CT molecular complexity index is 567. The maximum atomic E-state index is 12.2. The van der Waals surface area contributed by atoms with E-state index in [-0.39, 0.29) is 5.91 Å². The van der Waals surface area contributed by atoms with E-state index >= 15 is 0 Å². The fourth-order valence-electron chi connectivity index (χ4n) is 3.07. The summed E-state index contributed by atoms with van der Waals surface area (Å²) in [4.78, 5) is 12.2. The first kappa shape index (κ1) is 19.4. The number of ether oxygens (including phenoxy) is 2. The number of benzene rings is 1. The summed E-state index contributed by atoms with van der Waals surface area (Å²) in [5, 5.41) is 3.19. The Morgan fingerprint density at radius 1 is 1.25 bits per heavy atom. The average molecular weight is 416 g/mol. The lowest BCUT2D eigenvalue weighted by molar-refractivity contribution is -0.119. The van der Waals surface area contributed by atoms with E-state index in [0.29, 0.717) is 23.5 Å². The molecule has 1 amide bonds. The molecule has 1 saturated carbocycles. The third-order valence-corrected chi connectivity index (χ3v) is 6.10. The van der Waals surface area contributed by atoms with Gasteiger partial charge < -0.3 is 14.8 Å². The highest BCUT2D eigenvalue weighted by Crippen LogP contribution is 2.34. The molecule has 1 N–H and O–H groups in total. The number of hydrogen-bond acceptors (Lipinski definition) is 4. The van der Waals surface area contributed by atoms with Crippen molar-refractivity contribution in [2.24, 2.45) is 5.92 Å². The maximum Gasteiger partial charge on any atom is 0.230 e. The number of hydrogen-bond donors (Lipinski definition) is 1. The van der Waals surface area contributed by atoms with Gasteiger partial charge in [0.15, 0.2) is 0 Å². The molecule has 0 radical (unpaired) electrons. The fraction of sp³-hybridized carbons (Fsp3) is 0.611. The number of carbonyl (C=O) groups is 1. The van der Waals surface area contributed by atoms with Gasteiger partial charge in [-0.1, -0.05) is 19.8 Å². The highest BCUT2D eigenvalue weighted by Gasteiger charge is 2.22. The van der Waals surface area contributed by atoms with Crippen LogP contribution in [-0.2, 0) is 10.5 Å². The SMILES string of the molecule is COc1cc(CSCC(=O)N[C@H]2CCCC[C@@H]2C)c(OC)cc1Br. The van der Waals surface area contributed by atoms with Crippen LogP contribution in [0, 0.1) is 5.92 Å². The van der Waals surface area contributed by atoms with Crippen LogP contribution in [0.2, 0.25) is 0 Å². The first-order valence-electron chi connectivity index (χ1n) is 8.32. The van der Waals surface area contributed by atoms with E-state index in [4.69, 9.17) is 9.47 Å². The molecule has 2 atom stereocenters. The first-order chi connectivity index (χ1) is 11.5. The lowest BCUT2D eigenvalue weighted by atomic mass is 9.86. The van der Waals surface area contributed by atoms with Crippen LogP contribution in [-0.4, -0.2) is 31.9 Å². The topological polar surface area (TPSA) is 47.6 Å². The van der Waals surface area contributed by atoms with Crippen LogP contribution in [0.5, 0.6) is 11.5 Å². The van der Waals surface area contributed by atoms with Gasteiger partial charge in [0.25, 0.3) is 0 Å². The van der Waals surface area contributed by atoms with Gasteiger partial charge in [-0.05, 0) is 46.8 Å². The monoisotopic (exact) mass is 415 g/mol. The molecular weight excluding hydrogens is 390 g/mol. The molecule has 1 aliphatic carbocycles. The van der Waals surface area contributed by atoms with Crippen LogP contribution in [0.4, 0.5) is 0 Å². The van der Waals surface area contributed by atoms with Crippen LogP contribution < -0.4 is 14.8 Å². The van der Waals surface area contributed by atoms with E-state index in [0.717, 1.165) is 28.0 Å². The van der Waals surface area contributed by atoms with Crippen molar-refractivity contribution in [3.8, 4) is 11.5 Å². The predicted octanol–water partition coefficient (Wildman–Crippen LogP) is 4.39. The van der Waals surface area contributed by atoms with Crippen molar-refractivity contribution in [2.75, 3.05) is 20.0 Å². The molecule has 0 aromatic heterocycles. The number of rotatable bonds is 7. The average Bonchev–Trinajstić information content (AvgIpc) is 2.57. The van der Waals surface area contributed by atoms with Gasteiger partial charge in [0.2, 0.25) is 5.91 Å². The van der Waals surface area contributed by atoms with E-state index in [1.807, 2.05) is 12.1 Å². The van der Waals surface area contributed by atoms with E-state index in [1.165, 1.54) is 19.3 Å². The van der Waals surface area contributed by atoms with Crippen LogP contribution >= 0.6 is 27.7 Å². The van der Waals surface area contributed by atoms with Crippen molar-refractivity contribution in [3.63, 3.8) is 0 Å². The summed E-state index contributed by atoms with van der Waals surface area (Å²) in [5.74, 6) is 3.46. The molecule has 1 aliphatic rings. The van der Waals surface area contributed by atoms with Gasteiger partial charge in [-0.25, -0.2) is 0 Å². The molecule has 0 saturated heterocycles. The molecular formula is C18H26BrNO3S. The maximum absolute atomic E-state index is 12.2. The lowest BCUT2D eigenvalue weighted by Gasteiger charge is -2.29. The van der Waals surface area contributed by atoms with Gasteiger partial charge in [-0.2, -0.15) is 0 Å². The van der Waals surface area contributed by atoms with E-state index in [2.05, 4.69) is 28.2 Å². The molecule has 0 unspecified atom stereocenters. The smallest absolute Gasteiger partial charge is 0.230 e. The van der Waals surface area contributed by atoms with Crippen molar-refractivity contribution in [1.29, 1.82) is 0 Å². The van der Waals surface area contributed by atoms with Crippen molar-refractivity contribution in [3.05, 3.63) is 22.2 Å². The van der Waals surface area contributed by atoms with E-state index < -0.39 is 0 Å². The van der Waals surface area contributed by atoms with Crippen molar-refractivity contribution >= 4 is 33.6 Å². The molecule has 134 valence electrons. The van der Waals surface area contributed by atoms with Crippen molar-refractivity contribution < 1.29 is 14.3 Å². The van der Waals surface area contributed by atoms with Crippen molar-refractivity contribution in [1.82, 2.24) is 5.32 Å². The number of halogens is 1. The van der Waals surface area contributed by atoms with E-state index in [1.54, 1.807) is 26.0 Å². The second-order valence-corrected chi connectivity index (χ2v) is 8.07. The Morgan fingerprint density at radius 3 is 2.62 bits per heavy atom. The molecule has 1 aromatic carbocycles. The third-order valence-electron chi connectivity index (χ3n) is 4.50. The highest BCUT2D eigenvalue weighted by molar-refractivity contribution is 9.10. The summed E-state index contributed by atoms with van der Waals surface area (Å²) in [6, 6.07) is 4.20. The van der Waals surface area contributed by atoms with Gasteiger partial charge in [0.05, 0.1) is 24.4 Å². The number of carbonyl (C=O) groups excluding carboxylic acids is 1. The zero-order chi connectivity index (χ0) is 17.5. The summed E-state index contributed by atoms with van der Waals surface area (Å²) in [5.41, 5.74) is 1.03. The molecule has 1 aromatic rings. The summed E-state index contributed by atoms with van der Waals surface area (Å²) in [6.45, 7) is 2.23. The van der Waals surface area contributed by atoms with Gasteiger partial charge in [0.1, 0.15) is 11.5 Å². The molecule has 0 bridgehead atoms. The van der Waals surface area contributed by atoms with Gasteiger partial charge in [-0.3, -0.25) is 4.79 Å². The quantitative estimate of drug-likeness (QED) is 0.716. The van der Waals surface area contributed by atoms with Crippen molar-refractivity contribution in [2.45, 2.75) is 44.4 Å². The summed E-state index contributed by atoms with van der Waals surface area (Å²) >= 11 is 5.05. The molecule has 24 heavy (non-hydrogen) atoms. The van der Waals surface area contributed by atoms with E-state index in [9.17, 15) is 4.79 Å². The van der Waals surface area contributed by atoms with Crippen LogP contribution in [0.25, 0.3) is 0 Å². The largest absolute Gasteiger partial charge is 0.496 e. The number of nitrogens with one attached hydrogen (secondary N) is 1. The normalized spacial score (nSPS) is 20.5. The zero-order valence-corrected chi connectivity index (χ0v) is 17.0. The number of thioether (sulfide) groups is 1. The Balaban J connectivity index is 1.86. The van der Waals surface area contributed by atoms with Gasteiger partial charge in [0, 0.05) is 17.4 Å². The molecule has 4 nitrogen and oxygen atoms in total. The summed E-state index contributed by atoms with van der Waals surface area (Å²) < 4.78 is 11.6. The molecule has 0 aliphatic heterocycles. The summed E-state index contributed by atoms with van der Waals surface area (Å²) in [7, 11) is 3.29. The summed E-state index contributed by atoms with van der Waals surface area (Å²) in [6.07, 6.45) is 4.83. The minimum Gasteiger partial charge on any atom is -0.496 e. The molecule has 2 rings (SSSR count). The highest BCUT2D eigenvalue weighted by atomic mass is 79.9. The number of methoxy groups -OCH3 is 2. The van der Waals surface area contributed by atoms with Crippen LogP contribution in [0.3, 0.4) is 0 Å². The lowest BCUT2D eigenvalue weighted by Crippen LogP contribution is -2.41. The van der Waals surface area contributed by atoms with Gasteiger partial charge in [-0.15, -0.1) is 11.8 Å². The zero-order valence-electron chi connectivity index (χ0n) is 14.6. The molecule has 1 fully saturated rings. The fourth-order valence-corrected chi connectivity index (χ4v) is 4.37. The second kappa shape index (κ2) is 9.56. The number of amides is 1. The Morgan fingerprint density at radius 2 is 1.96 bits per heavy atom. The Kier molecular flexibility index (Phi) is 7.75. The Labute approximate surface area is 157 Å². The standard InChI is InChI=1S/C18H26BrNO3S/c1-12-6-4-5-7-15(12)20-18(21)11-24-10-13-8-17(23-3)14(19)9-16(13)22-2/h8-9,12,15H,4-7,10-11H2,1-3H3,(H,20,21)/t12-,15-/m0/s1. The first-order valence-corrected chi connectivity index (χ1v) is 10.3. The minimum atomic E-state index is 0.127. The van der Waals surface area contributed by atoms with Crippen LogP contribution in [0.1, 0.15) is 38.2 Å². The third kappa shape index (κ3) is 5.31. The molecule has 0 heterocycles. The predicted molar refractivity (Wildman–Crippen MR) is 103 cm³/mol. The Hall–Kier alpha value is -0.880. The molecule has 6 heteroatoms. The molecule has 0 spiro atoms. The second-order valence-electron chi connectivity index (χ2n) is 6.23. The van der Waals surface area contributed by atoms with Crippen LogP contribution in [0.15, 0.2) is 16.6 Å². The van der Waals surface area contributed by atoms with Gasteiger partial charge >= 0.3 is 0 Å². The minimum absolute atomic E-state index is 0.127.